The third-order valence-electron chi connectivity index (χ3n) is 5.83. The number of ether oxygens (including phenoxy) is 1. The summed E-state index contributed by atoms with van der Waals surface area (Å²) in [5.41, 5.74) is 8.65. The molecule has 6 heteroatoms. The SMILES string of the molecule is CC(C)CN(Cc1ccccc1-c1ccccc1)[C@@H]1C[C@@H](C(N)=O)N(C(=O)OC(C)(C)C)C1. The Morgan fingerprint density at radius 1 is 1.09 bits per heavy atom. The standard InChI is InChI=1S/C27H37N3O3/c1-19(2)16-29(17-21-13-9-10-14-23(21)20-11-7-6-8-12-20)22-15-24(25(28)31)30(18-22)26(32)33-27(3,4)5/h6-14,19,22,24H,15-18H2,1-5H3,(H2,28,31)/t22-,24+/m1/s1. The molecule has 178 valence electrons. The van der Waals surface area contributed by atoms with Gasteiger partial charge in [0.15, 0.2) is 0 Å². The van der Waals surface area contributed by atoms with Gasteiger partial charge in [-0.25, -0.2) is 4.79 Å². The third kappa shape index (κ3) is 6.57. The van der Waals surface area contributed by atoms with E-state index in [1.54, 1.807) is 0 Å². The normalized spacial score (nSPS) is 18.7. The van der Waals surface area contributed by atoms with Gasteiger partial charge in [0.1, 0.15) is 11.6 Å². The highest BCUT2D eigenvalue weighted by molar-refractivity contribution is 5.85. The van der Waals surface area contributed by atoms with E-state index in [4.69, 9.17) is 10.5 Å². The molecule has 2 aromatic carbocycles. The van der Waals surface area contributed by atoms with Gasteiger partial charge in [0.2, 0.25) is 5.91 Å². The predicted molar refractivity (Wildman–Crippen MR) is 131 cm³/mol. The van der Waals surface area contributed by atoms with E-state index in [0.717, 1.165) is 13.1 Å². The van der Waals surface area contributed by atoms with Crippen LogP contribution in [0.3, 0.4) is 0 Å². The molecular formula is C27H37N3O3. The van der Waals surface area contributed by atoms with Crippen LogP contribution in [0.15, 0.2) is 54.6 Å². The summed E-state index contributed by atoms with van der Waals surface area (Å²) in [6, 6.07) is 18.1. The van der Waals surface area contributed by atoms with Gasteiger partial charge in [-0.2, -0.15) is 0 Å². The molecule has 1 heterocycles. The minimum atomic E-state index is -0.663. The molecule has 1 saturated heterocycles. The number of nitrogens with two attached hydrogens (primary N) is 1. The van der Waals surface area contributed by atoms with E-state index in [0.29, 0.717) is 18.9 Å². The first kappa shape index (κ1) is 24.8. The molecule has 1 fully saturated rings. The molecule has 2 N–H and O–H groups in total. The average molecular weight is 452 g/mol. The lowest BCUT2D eigenvalue weighted by Gasteiger charge is -2.31. The molecule has 0 bridgehead atoms. The topological polar surface area (TPSA) is 75.9 Å². The molecule has 1 aliphatic heterocycles. The van der Waals surface area contributed by atoms with Crippen LogP contribution >= 0.6 is 0 Å². The predicted octanol–water partition coefficient (Wildman–Crippen LogP) is 4.67. The number of hydrogen-bond donors (Lipinski definition) is 1. The van der Waals surface area contributed by atoms with Crippen molar-refractivity contribution in [2.75, 3.05) is 13.1 Å². The lowest BCUT2D eigenvalue weighted by atomic mass is 9.98. The van der Waals surface area contributed by atoms with Crippen molar-refractivity contribution in [1.29, 1.82) is 0 Å². The van der Waals surface area contributed by atoms with Gasteiger partial charge in [0.05, 0.1) is 0 Å². The minimum Gasteiger partial charge on any atom is -0.444 e. The second kappa shape index (κ2) is 10.4. The van der Waals surface area contributed by atoms with Gasteiger partial charge >= 0.3 is 6.09 Å². The molecule has 3 rings (SSSR count). The minimum absolute atomic E-state index is 0.0150. The Kier molecular flexibility index (Phi) is 7.80. The molecule has 0 radical (unpaired) electrons. The Bertz CT molecular complexity index is 953. The van der Waals surface area contributed by atoms with Crippen molar-refractivity contribution >= 4 is 12.0 Å². The van der Waals surface area contributed by atoms with Gasteiger partial charge < -0.3 is 10.5 Å². The van der Waals surface area contributed by atoms with E-state index >= 15 is 0 Å². The fourth-order valence-corrected chi connectivity index (χ4v) is 4.46. The first-order valence-electron chi connectivity index (χ1n) is 11.7. The molecular weight excluding hydrogens is 414 g/mol. The van der Waals surface area contributed by atoms with Crippen LogP contribution in [0.1, 0.15) is 46.6 Å². The van der Waals surface area contributed by atoms with Gasteiger partial charge in [0.25, 0.3) is 0 Å². The lowest BCUT2D eigenvalue weighted by molar-refractivity contribution is -0.122. The number of benzene rings is 2. The van der Waals surface area contributed by atoms with Gasteiger partial charge in [-0.1, -0.05) is 68.4 Å². The van der Waals surface area contributed by atoms with Crippen molar-refractivity contribution in [3.05, 3.63) is 60.2 Å². The molecule has 6 nitrogen and oxygen atoms in total. The molecule has 1 aliphatic rings. The van der Waals surface area contributed by atoms with Crippen LogP contribution in [0.4, 0.5) is 4.79 Å². The number of nitrogens with zero attached hydrogens (tertiary/aromatic N) is 2. The molecule has 0 spiro atoms. The first-order chi connectivity index (χ1) is 15.5. The van der Waals surface area contributed by atoms with Gasteiger partial charge in [0, 0.05) is 25.7 Å². The Labute approximate surface area is 197 Å². The fourth-order valence-electron chi connectivity index (χ4n) is 4.46. The molecule has 2 amide bonds. The van der Waals surface area contributed by atoms with Crippen LogP contribution in [-0.2, 0) is 16.1 Å². The summed E-state index contributed by atoms with van der Waals surface area (Å²) in [6.07, 6.45) is 0.0254. The number of hydrogen-bond acceptors (Lipinski definition) is 4. The van der Waals surface area contributed by atoms with E-state index in [1.165, 1.54) is 21.6 Å². The highest BCUT2D eigenvalue weighted by Crippen LogP contribution is 2.29. The van der Waals surface area contributed by atoms with Crippen LogP contribution in [0.5, 0.6) is 0 Å². The van der Waals surface area contributed by atoms with Crippen LogP contribution in [-0.4, -0.2) is 52.6 Å². The number of carbonyl (C=O) groups is 2. The smallest absolute Gasteiger partial charge is 0.411 e. The number of carbonyl (C=O) groups excluding carboxylic acids is 2. The van der Waals surface area contributed by atoms with E-state index in [1.807, 2.05) is 39.0 Å². The third-order valence-corrected chi connectivity index (χ3v) is 5.83. The van der Waals surface area contributed by atoms with E-state index in [-0.39, 0.29) is 6.04 Å². The first-order valence-corrected chi connectivity index (χ1v) is 11.7. The van der Waals surface area contributed by atoms with Gasteiger partial charge in [-0.05, 0) is 49.8 Å². The van der Waals surface area contributed by atoms with Crippen molar-refractivity contribution in [3.63, 3.8) is 0 Å². The molecule has 2 atom stereocenters. The Morgan fingerprint density at radius 2 is 1.73 bits per heavy atom. The Hall–Kier alpha value is -2.86. The van der Waals surface area contributed by atoms with Crippen molar-refractivity contribution in [2.24, 2.45) is 11.7 Å². The van der Waals surface area contributed by atoms with E-state index in [2.05, 4.69) is 55.1 Å². The highest BCUT2D eigenvalue weighted by Gasteiger charge is 2.42. The summed E-state index contributed by atoms with van der Waals surface area (Å²) < 4.78 is 5.57. The zero-order valence-corrected chi connectivity index (χ0v) is 20.5. The number of likely N-dealkylation sites (tertiary alicyclic amines) is 1. The summed E-state index contributed by atoms with van der Waals surface area (Å²) in [5, 5.41) is 0. The molecule has 33 heavy (non-hydrogen) atoms. The maximum Gasteiger partial charge on any atom is 0.411 e. The lowest BCUT2D eigenvalue weighted by Crippen LogP contribution is -2.46. The van der Waals surface area contributed by atoms with Crippen LogP contribution in [0.25, 0.3) is 11.1 Å². The summed E-state index contributed by atoms with van der Waals surface area (Å²) >= 11 is 0. The summed E-state index contributed by atoms with van der Waals surface area (Å²) in [4.78, 5) is 29.0. The van der Waals surface area contributed by atoms with Crippen molar-refractivity contribution in [2.45, 2.75) is 65.3 Å². The van der Waals surface area contributed by atoms with Crippen LogP contribution in [0.2, 0.25) is 0 Å². The zero-order chi connectivity index (χ0) is 24.2. The van der Waals surface area contributed by atoms with Gasteiger partial charge in [-0.3, -0.25) is 14.6 Å². The van der Waals surface area contributed by atoms with E-state index in [9.17, 15) is 9.59 Å². The molecule has 0 saturated carbocycles. The van der Waals surface area contributed by atoms with Crippen molar-refractivity contribution in [1.82, 2.24) is 9.80 Å². The fraction of sp³-hybridized carbons (Fsp3) is 0.481. The Balaban J connectivity index is 1.87. The number of rotatable bonds is 7. The second-order valence-electron chi connectivity index (χ2n) is 10.3. The van der Waals surface area contributed by atoms with Crippen LogP contribution in [0, 0.1) is 5.92 Å². The molecule has 0 unspecified atom stereocenters. The summed E-state index contributed by atoms with van der Waals surface area (Å²) in [7, 11) is 0. The summed E-state index contributed by atoms with van der Waals surface area (Å²) in [5.74, 6) is -0.0611. The van der Waals surface area contributed by atoms with Crippen LogP contribution < -0.4 is 5.73 Å². The maximum atomic E-state index is 12.8. The zero-order valence-electron chi connectivity index (χ0n) is 20.5. The van der Waals surface area contributed by atoms with E-state index < -0.39 is 23.6 Å². The molecule has 0 aromatic heterocycles. The number of primary amides is 1. The Morgan fingerprint density at radius 3 is 2.33 bits per heavy atom. The largest absolute Gasteiger partial charge is 0.444 e. The molecule has 2 aromatic rings. The maximum absolute atomic E-state index is 12.8. The number of amides is 2. The van der Waals surface area contributed by atoms with Gasteiger partial charge in [-0.15, -0.1) is 0 Å². The highest BCUT2D eigenvalue weighted by atomic mass is 16.6. The molecule has 0 aliphatic carbocycles. The van der Waals surface area contributed by atoms with Crippen molar-refractivity contribution in [3.8, 4) is 11.1 Å². The average Bonchev–Trinajstić information content (AvgIpc) is 3.19. The van der Waals surface area contributed by atoms with Crippen molar-refractivity contribution < 1.29 is 14.3 Å². The quantitative estimate of drug-likeness (QED) is 0.663. The second-order valence-corrected chi connectivity index (χ2v) is 10.3. The summed E-state index contributed by atoms with van der Waals surface area (Å²) in [6.45, 7) is 11.8. The monoisotopic (exact) mass is 451 g/mol.